The van der Waals surface area contributed by atoms with E-state index >= 15 is 0 Å². The number of thiazole rings is 1. The van der Waals surface area contributed by atoms with E-state index in [2.05, 4.69) is 52.2 Å². The van der Waals surface area contributed by atoms with Crippen LogP contribution in [0.25, 0.3) is 10.6 Å². The zero-order valence-corrected chi connectivity index (χ0v) is 18.8. The van der Waals surface area contributed by atoms with Crippen LogP contribution in [-0.4, -0.2) is 61.3 Å². The zero-order valence-electron chi connectivity index (χ0n) is 18.0. The van der Waals surface area contributed by atoms with Gasteiger partial charge in [0.25, 0.3) is 0 Å². The molecule has 0 spiro atoms. The molecule has 0 bridgehead atoms. The number of guanidine groups is 1. The van der Waals surface area contributed by atoms with Crippen LogP contribution in [-0.2, 0) is 11.2 Å². The Morgan fingerprint density at radius 1 is 1.30 bits per heavy atom. The molecule has 1 aliphatic rings. The van der Waals surface area contributed by atoms with Crippen LogP contribution in [0, 0.1) is 6.92 Å². The molecule has 2 N–H and O–H groups in total. The summed E-state index contributed by atoms with van der Waals surface area (Å²) in [6, 6.07) is 8.77. The molecule has 1 aromatic carbocycles. The summed E-state index contributed by atoms with van der Waals surface area (Å²) in [5, 5.41) is 10.0. The first-order valence-electron chi connectivity index (χ1n) is 10.5. The molecule has 1 amide bonds. The van der Waals surface area contributed by atoms with Crippen molar-refractivity contribution in [3.05, 3.63) is 40.9 Å². The van der Waals surface area contributed by atoms with Crippen molar-refractivity contribution in [2.45, 2.75) is 39.2 Å². The number of hydrogen-bond acceptors (Lipinski definition) is 5. The molecule has 1 saturated heterocycles. The van der Waals surface area contributed by atoms with Gasteiger partial charge in [0.05, 0.1) is 12.3 Å². The molecule has 1 fully saturated rings. The fourth-order valence-corrected chi connectivity index (χ4v) is 4.23. The van der Waals surface area contributed by atoms with Crippen LogP contribution >= 0.6 is 11.3 Å². The Bertz CT molecular complexity index is 841. The van der Waals surface area contributed by atoms with Crippen molar-refractivity contribution in [1.82, 2.24) is 20.5 Å². The van der Waals surface area contributed by atoms with Crippen molar-refractivity contribution >= 4 is 23.4 Å². The van der Waals surface area contributed by atoms with Crippen LogP contribution in [0.15, 0.2) is 34.6 Å². The summed E-state index contributed by atoms with van der Waals surface area (Å²) in [5.41, 5.74) is 3.50. The monoisotopic (exact) mass is 429 g/mol. The molecule has 162 valence electrons. The van der Waals surface area contributed by atoms with Gasteiger partial charge in [0.2, 0.25) is 0 Å². The number of carbonyl (C=O) groups excluding carboxylic acids is 1. The van der Waals surface area contributed by atoms with E-state index < -0.39 is 0 Å². The van der Waals surface area contributed by atoms with E-state index in [1.165, 1.54) is 5.56 Å². The van der Waals surface area contributed by atoms with Crippen LogP contribution in [0.4, 0.5) is 4.79 Å². The molecule has 0 aliphatic carbocycles. The van der Waals surface area contributed by atoms with Crippen molar-refractivity contribution in [1.29, 1.82) is 0 Å². The van der Waals surface area contributed by atoms with Gasteiger partial charge in [-0.3, -0.25) is 4.99 Å². The fraction of sp³-hybridized carbons (Fsp3) is 0.500. The van der Waals surface area contributed by atoms with Crippen LogP contribution < -0.4 is 10.6 Å². The van der Waals surface area contributed by atoms with Crippen LogP contribution in [0.2, 0.25) is 0 Å². The van der Waals surface area contributed by atoms with E-state index in [0.29, 0.717) is 25.7 Å². The van der Waals surface area contributed by atoms with Gasteiger partial charge in [-0.2, -0.15) is 0 Å². The summed E-state index contributed by atoms with van der Waals surface area (Å²) in [4.78, 5) is 22.7. The first-order chi connectivity index (χ1) is 14.6. The summed E-state index contributed by atoms with van der Waals surface area (Å²) >= 11 is 1.68. The lowest BCUT2D eigenvalue weighted by Crippen LogP contribution is -2.50. The molecular formula is C22H31N5O2S. The molecule has 2 heterocycles. The number of carbonyl (C=O) groups is 1. The van der Waals surface area contributed by atoms with E-state index in [9.17, 15) is 4.79 Å². The number of likely N-dealkylation sites (tertiary alicyclic amines) is 1. The Morgan fingerprint density at radius 3 is 2.70 bits per heavy atom. The molecule has 0 radical (unpaired) electrons. The van der Waals surface area contributed by atoms with Gasteiger partial charge in [0.1, 0.15) is 5.01 Å². The third-order valence-corrected chi connectivity index (χ3v) is 6.05. The van der Waals surface area contributed by atoms with Crippen molar-refractivity contribution in [2.24, 2.45) is 4.99 Å². The standard InChI is InChI=1S/C22H31N5O2S/c1-4-29-22(28)27-13-10-18(11-14-27)26-21(23-3)24-12-9-19-15-30-20(25-19)17-7-5-16(2)6-8-17/h5-8,15,18H,4,9-14H2,1-3H3,(H2,23,24,26). The number of ether oxygens (including phenoxy) is 1. The summed E-state index contributed by atoms with van der Waals surface area (Å²) in [6.07, 6.45) is 2.38. The maximum absolute atomic E-state index is 11.8. The minimum Gasteiger partial charge on any atom is -0.450 e. The predicted octanol–water partition coefficient (Wildman–Crippen LogP) is 3.45. The molecular weight excluding hydrogens is 398 g/mol. The van der Waals surface area contributed by atoms with Gasteiger partial charge in [0.15, 0.2) is 5.96 Å². The second-order valence-corrected chi connectivity index (χ2v) is 8.22. The minimum absolute atomic E-state index is 0.216. The maximum atomic E-state index is 11.8. The zero-order chi connectivity index (χ0) is 21.3. The fourth-order valence-electron chi connectivity index (χ4n) is 3.37. The van der Waals surface area contributed by atoms with Crippen LogP contribution in [0.5, 0.6) is 0 Å². The second kappa shape index (κ2) is 11.0. The van der Waals surface area contributed by atoms with Gasteiger partial charge in [-0.25, -0.2) is 9.78 Å². The Morgan fingerprint density at radius 2 is 2.03 bits per heavy atom. The molecule has 3 rings (SSSR count). The van der Waals surface area contributed by atoms with Gasteiger partial charge < -0.3 is 20.3 Å². The molecule has 0 atom stereocenters. The third kappa shape index (κ3) is 6.19. The third-order valence-electron chi connectivity index (χ3n) is 5.11. The molecule has 7 nitrogen and oxygen atoms in total. The number of aliphatic imine (C=N–C) groups is 1. The quantitative estimate of drug-likeness (QED) is 0.543. The topological polar surface area (TPSA) is 78.8 Å². The van der Waals surface area contributed by atoms with Gasteiger partial charge in [0, 0.05) is 50.1 Å². The number of nitrogens with one attached hydrogen (secondary N) is 2. The number of rotatable bonds is 6. The van der Waals surface area contributed by atoms with E-state index in [-0.39, 0.29) is 6.09 Å². The number of piperidine rings is 1. The highest BCUT2D eigenvalue weighted by atomic mass is 32.1. The van der Waals surface area contributed by atoms with Gasteiger partial charge in [-0.1, -0.05) is 29.8 Å². The van der Waals surface area contributed by atoms with Gasteiger partial charge in [-0.15, -0.1) is 11.3 Å². The Balaban J connectivity index is 1.41. The molecule has 8 heteroatoms. The number of hydrogen-bond donors (Lipinski definition) is 2. The van der Waals surface area contributed by atoms with E-state index in [4.69, 9.17) is 9.72 Å². The molecule has 1 aliphatic heterocycles. The molecule has 1 aromatic heterocycles. The summed E-state index contributed by atoms with van der Waals surface area (Å²) in [5.74, 6) is 0.790. The van der Waals surface area contributed by atoms with E-state index in [1.54, 1.807) is 23.3 Å². The SMILES string of the molecule is CCOC(=O)N1CCC(NC(=NC)NCCc2csc(-c3ccc(C)cc3)n2)CC1. The lowest BCUT2D eigenvalue weighted by Gasteiger charge is -2.32. The van der Waals surface area contributed by atoms with Gasteiger partial charge in [-0.05, 0) is 26.7 Å². The Hall–Kier alpha value is -2.61. The highest BCUT2D eigenvalue weighted by Gasteiger charge is 2.24. The summed E-state index contributed by atoms with van der Waals surface area (Å²) < 4.78 is 5.07. The van der Waals surface area contributed by atoms with Crippen molar-refractivity contribution in [3.63, 3.8) is 0 Å². The predicted molar refractivity (Wildman–Crippen MR) is 122 cm³/mol. The Kier molecular flexibility index (Phi) is 8.07. The average Bonchev–Trinajstić information content (AvgIpc) is 3.23. The molecule has 2 aromatic rings. The van der Waals surface area contributed by atoms with Crippen molar-refractivity contribution in [2.75, 3.05) is 33.3 Å². The average molecular weight is 430 g/mol. The Labute approximate surface area is 182 Å². The number of nitrogens with zero attached hydrogens (tertiary/aromatic N) is 3. The number of benzene rings is 1. The highest BCUT2D eigenvalue weighted by Crippen LogP contribution is 2.24. The summed E-state index contributed by atoms with van der Waals surface area (Å²) in [6.45, 7) is 6.50. The maximum Gasteiger partial charge on any atom is 0.409 e. The second-order valence-electron chi connectivity index (χ2n) is 7.36. The molecule has 0 unspecified atom stereocenters. The lowest BCUT2D eigenvalue weighted by molar-refractivity contribution is 0.0963. The first kappa shape index (κ1) is 22.1. The smallest absolute Gasteiger partial charge is 0.409 e. The molecule has 30 heavy (non-hydrogen) atoms. The van der Waals surface area contributed by atoms with Crippen LogP contribution in [0.3, 0.4) is 0 Å². The number of aromatic nitrogens is 1. The summed E-state index contributed by atoms with van der Waals surface area (Å²) in [7, 11) is 1.78. The largest absolute Gasteiger partial charge is 0.450 e. The number of amides is 1. The van der Waals surface area contributed by atoms with Crippen molar-refractivity contribution < 1.29 is 9.53 Å². The van der Waals surface area contributed by atoms with Crippen LogP contribution in [0.1, 0.15) is 31.0 Å². The normalized spacial score (nSPS) is 15.2. The lowest BCUT2D eigenvalue weighted by atomic mass is 10.1. The van der Waals surface area contributed by atoms with Crippen molar-refractivity contribution in [3.8, 4) is 10.6 Å². The number of aryl methyl sites for hydroxylation is 1. The minimum atomic E-state index is -0.216. The first-order valence-corrected chi connectivity index (χ1v) is 11.4. The van der Waals surface area contributed by atoms with E-state index in [0.717, 1.165) is 48.0 Å². The van der Waals surface area contributed by atoms with Gasteiger partial charge >= 0.3 is 6.09 Å². The highest BCUT2D eigenvalue weighted by molar-refractivity contribution is 7.13. The molecule has 0 saturated carbocycles. The van der Waals surface area contributed by atoms with E-state index in [1.807, 2.05) is 6.92 Å².